The molecule has 0 N–H and O–H groups in total. The Morgan fingerprint density at radius 2 is 1.72 bits per heavy atom. The van der Waals surface area contributed by atoms with Gasteiger partial charge in [0.25, 0.3) is 10.0 Å². The SMILES string of the molecule is CCCN1CCN(C2=NS(=O)(=O)C(c3ccc(C)c(C)c3)=C2C)CC1. The van der Waals surface area contributed by atoms with Gasteiger partial charge in [0.15, 0.2) is 0 Å². The van der Waals surface area contributed by atoms with Gasteiger partial charge in [-0.25, -0.2) is 0 Å². The molecule has 6 heteroatoms. The van der Waals surface area contributed by atoms with Gasteiger partial charge in [-0.1, -0.05) is 25.1 Å². The van der Waals surface area contributed by atoms with Crippen LogP contribution in [-0.2, 0) is 10.0 Å². The summed E-state index contributed by atoms with van der Waals surface area (Å²) in [6.07, 6.45) is 1.14. The van der Waals surface area contributed by atoms with Gasteiger partial charge in [-0.2, -0.15) is 8.42 Å². The average Bonchev–Trinajstić information content (AvgIpc) is 2.81. The van der Waals surface area contributed by atoms with Gasteiger partial charge in [0.05, 0.1) is 0 Å². The number of benzene rings is 1. The second-order valence-electron chi connectivity index (χ2n) is 6.97. The van der Waals surface area contributed by atoms with Gasteiger partial charge in [0.2, 0.25) is 0 Å². The normalized spacial score (nSPS) is 21.0. The molecular weight excluding hydrogens is 334 g/mol. The van der Waals surface area contributed by atoms with Crippen LogP contribution in [-0.4, -0.2) is 56.8 Å². The van der Waals surface area contributed by atoms with Crippen molar-refractivity contribution in [1.29, 1.82) is 0 Å². The van der Waals surface area contributed by atoms with E-state index in [1.165, 1.54) is 0 Å². The van der Waals surface area contributed by atoms with Crippen LogP contribution < -0.4 is 0 Å². The molecule has 2 heterocycles. The number of nitrogens with zero attached hydrogens (tertiary/aromatic N) is 3. The number of hydrogen-bond donors (Lipinski definition) is 0. The first kappa shape index (κ1) is 18.1. The van der Waals surface area contributed by atoms with E-state index in [1.807, 2.05) is 39.0 Å². The van der Waals surface area contributed by atoms with E-state index in [4.69, 9.17) is 0 Å². The summed E-state index contributed by atoms with van der Waals surface area (Å²) < 4.78 is 29.5. The van der Waals surface area contributed by atoms with Crippen LogP contribution in [0.1, 0.15) is 37.0 Å². The molecule has 0 aromatic heterocycles. The Morgan fingerprint density at radius 3 is 2.32 bits per heavy atom. The summed E-state index contributed by atoms with van der Waals surface area (Å²) in [6.45, 7) is 12.8. The van der Waals surface area contributed by atoms with Crippen molar-refractivity contribution in [3.05, 3.63) is 40.5 Å². The van der Waals surface area contributed by atoms with Gasteiger partial charge in [0.1, 0.15) is 10.7 Å². The maximum atomic E-state index is 12.7. The molecule has 0 radical (unpaired) electrons. The van der Waals surface area contributed by atoms with E-state index >= 15 is 0 Å². The standard InChI is InChI=1S/C19H27N3O2S/c1-5-8-21-9-11-22(12-10-21)19-16(4)18(25(23,24)20-19)17-7-6-14(2)15(3)13-17/h6-7,13H,5,8-12H2,1-4H3. The summed E-state index contributed by atoms with van der Waals surface area (Å²) in [5, 5.41) is 0. The molecule has 1 fully saturated rings. The van der Waals surface area contributed by atoms with Crippen molar-refractivity contribution in [1.82, 2.24) is 9.80 Å². The van der Waals surface area contributed by atoms with Crippen molar-refractivity contribution in [3.8, 4) is 0 Å². The Labute approximate surface area is 151 Å². The summed E-state index contributed by atoms with van der Waals surface area (Å²) in [5.74, 6) is 0.629. The lowest BCUT2D eigenvalue weighted by atomic mass is 10.0. The largest absolute Gasteiger partial charge is 0.353 e. The minimum Gasteiger partial charge on any atom is -0.353 e. The fourth-order valence-corrected chi connectivity index (χ4v) is 5.04. The van der Waals surface area contributed by atoms with Crippen LogP contribution in [0.25, 0.3) is 4.91 Å². The summed E-state index contributed by atoms with van der Waals surface area (Å²) in [5.41, 5.74) is 3.76. The smallest absolute Gasteiger partial charge is 0.285 e. The molecule has 0 amide bonds. The second-order valence-corrected chi connectivity index (χ2v) is 8.51. The Hall–Kier alpha value is -1.66. The zero-order chi connectivity index (χ0) is 18.2. The Balaban J connectivity index is 1.90. The van der Waals surface area contributed by atoms with Crippen LogP contribution in [0, 0.1) is 13.8 Å². The van der Waals surface area contributed by atoms with Crippen molar-refractivity contribution >= 4 is 20.8 Å². The maximum absolute atomic E-state index is 12.7. The molecular formula is C19H27N3O2S. The second kappa shape index (κ2) is 6.92. The van der Waals surface area contributed by atoms with Crippen LogP contribution in [0.2, 0.25) is 0 Å². The van der Waals surface area contributed by atoms with Gasteiger partial charge in [-0.15, -0.1) is 4.40 Å². The van der Waals surface area contributed by atoms with Crippen molar-refractivity contribution in [2.45, 2.75) is 34.1 Å². The van der Waals surface area contributed by atoms with Gasteiger partial charge < -0.3 is 4.90 Å². The molecule has 1 saturated heterocycles. The molecule has 25 heavy (non-hydrogen) atoms. The molecule has 0 spiro atoms. The van der Waals surface area contributed by atoms with E-state index in [-0.39, 0.29) is 0 Å². The Bertz CT molecular complexity index is 832. The highest BCUT2D eigenvalue weighted by Gasteiger charge is 2.34. The number of aryl methyl sites for hydroxylation is 2. The van der Waals surface area contributed by atoms with E-state index in [1.54, 1.807) is 0 Å². The Kier molecular flexibility index (Phi) is 5.02. The molecule has 0 atom stereocenters. The molecule has 5 nitrogen and oxygen atoms in total. The Morgan fingerprint density at radius 1 is 1.04 bits per heavy atom. The highest BCUT2D eigenvalue weighted by molar-refractivity contribution is 8.00. The lowest BCUT2D eigenvalue weighted by Gasteiger charge is -2.35. The number of rotatable bonds is 3. The average molecular weight is 362 g/mol. The number of amidine groups is 1. The zero-order valence-corrected chi connectivity index (χ0v) is 16.4. The summed E-state index contributed by atoms with van der Waals surface area (Å²) in [6, 6.07) is 5.81. The summed E-state index contributed by atoms with van der Waals surface area (Å²) in [7, 11) is -3.63. The fourth-order valence-electron chi connectivity index (χ4n) is 3.57. The van der Waals surface area contributed by atoms with Crippen molar-refractivity contribution in [2.24, 2.45) is 4.40 Å². The van der Waals surface area contributed by atoms with E-state index in [0.717, 1.165) is 61.4 Å². The monoisotopic (exact) mass is 361 g/mol. The fraction of sp³-hybridized carbons (Fsp3) is 0.526. The van der Waals surface area contributed by atoms with E-state index in [9.17, 15) is 8.42 Å². The van der Waals surface area contributed by atoms with Gasteiger partial charge >= 0.3 is 0 Å². The molecule has 2 aliphatic heterocycles. The van der Waals surface area contributed by atoms with Crippen molar-refractivity contribution in [2.75, 3.05) is 32.7 Å². The predicted molar refractivity (Wildman–Crippen MR) is 103 cm³/mol. The quantitative estimate of drug-likeness (QED) is 0.831. The topological polar surface area (TPSA) is 53.0 Å². The highest BCUT2D eigenvalue weighted by atomic mass is 32.2. The first-order chi connectivity index (χ1) is 11.8. The summed E-state index contributed by atoms with van der Waals surface area (Å²) in [4.78, 5) is 4.90. The molecule has 1 aromatic carbocycles. The molecule has 136 valence electrons. The van der Waals surface area contributed by atoms with Crippen molar-refractivity contribution < 1.29 is 8.42 Å². The van der Waals surface area contributed by atoms with E-state index in [2.05, 4.69) is 21.1 Å². The van der Waals surface area contributed by atoms with Gasteiger partial charge in [0, 0.05) is 31.8 Å². The summed E-state index contributed by atoms with van der Waals surface area (Å²) >= 11 is 0. The molecule has 0 bridgehead atoms. The molecule has 3 rings (SSSR count). The lowest BCUT2D eigenvalue weighted by molar-refractivity contribution is 0.183. The number of hydrogen-bond acceptors (Lipinski definition) is 4. The third-order valence-electron chi connectivity index (χ3n) is 5.12. The zero-order valence-electron chi connectivity index (χ0n) is 15.5. The van der Waals surface area contributed by atoms with E-state index in [0.29, 0.717) is 10.7 Å². The van der Waals surface area contributed by atoms with Crippen LogP contribution in [0.5, 0.6) is 0 Å². The molecule has 1 aromatic rings. The molecule has 2 aliphatic rings. The van der Waals surface area contributed by atoms with Crippen molar-refractivity contribution in [3.63, 3.8) is 0 Å². The number of sulfonamides is 1. The third kappa shape index (κ3) is 3.51. The number of piperazine rings is 1. The predicted octanol–water partition coefficient (Wildman–Crippen LogP) is 2.80. The molecule has 0 aliphatic carbocycles. The van der Waals surface area contributed by atoms with Crippen LogP contribution in [0.15, 0.2) is 28.2 Å². The van der Waals surface area contributed by atoms with E-state index < -0.39 is 10.0 Å². The first-order valence-electron chi connectivity index (χ1n) is 8.94. The third-order valence-corrected chi connectivity index (χ3v) is 6.59. The van der Waals surface area contributed by atoms with Gasteiger partial charge in [-0.3, -0.25) is 4.90 Å². The highest BCUT2D eigenvalue weighted by Crippen LogP contribution is 2.34. The van der Waals surface area contributed by atoms with Crippen LogP contribution in [0.4, 0.5) is 0 Å². The minimum atomic E-state index is -3.63. The van der Waals surface area contributed by atoms with Crippen LogP contribution in [0.3, 0.4) is 0 Å². The lowest BCUT2D eigenvalue weighted by Crippen LogP contribution is -2.48. The molecule has 0 unspecified atom stereocenters. The first-order valence-corrected chi connectivity index (χ1v) is 10.4. The van der Waals surface area contributed by atoms with Crippen LogP contribution >= 0.6 is 0 Å². The minimum absolute atomic E-state index is 0.363. The van der Waals surface area contributed by atoms with Gasteiger partial charge in [-0.05, 0) is 50.4 Å². The molecule has 0 saturated carbocycles. The maximum Gasteiger partial charge on any atom is 0.285 e.